The predicted molar refractivity (Wildman–Crippen MR) is 50.0 cm³/mol. The van der Waals surface area contributed by atoms with Gasteiger partial charge in [-0.25, -0.2) is 4.39 Å². The average Bonchev–Trinajstić information content (AvgIpc) is 2.09. The van der Waals surface area contributed by atoms with E-state index in [-0.39, 0.29) is 5.69 Å². The van der Waals surface area contributed by atoms with Gasteiger partial charge in [-0.3, -0.25) is 0 Å². The Morgan fingerprint density at radius 3 is 2.47 bits per heavy atom. The molecule has 1 N–H and O–H groups in total. The van der Waals surface area contributed by atoms with Crippen LogP contribution >= 0.6 is 0 Å². The Labute approximate surface area is 84.4 Å². The Balaban J connectivity index is 2.90. The molecule has 1 rings (SSSR count). The first-order valence-electron chi connectivity index (χ1n) is 4.10. The molecule has 0 aliphatic rings. The smallest absolute Gasteiger partial charge is 0.350 e. The first-order valence-corrected chi connectivity index (χ1v) is 4.10. The summed E-state index contributed by atoms with van der Waals surface area (Å²) >= 11 is 0. The molecule has 1 nitrogen and oxygen atoms in total. The maximum absolute atomic E-state index is 13.0. The molecule has 0 bridgehead atoms. The van der Waals surface area contributed by atoms with Crippen LogP contribution in [0.2, 0.25) is 0 Å². The average molecular weight is 219 g/mol. The van der Waals surface area contributed by atoms with E-state index in [1.165, 1.54) is 12.1 Å². The summed E-state index contributed by atoms with van der Waals surface area (Å²) in [6.07, 6.45) is -4.57. The zero-order chi connectivity index (χ0) is 11.6. The summed E-state index contributed by atoms with van der Waals surface area (Å²) < 4.78 is 49.3. The molecule has 0 saturated heterocycles. The second-order valence-corrected chi connectivity index (χ2v) is 3.08. The first kappa shape index (κ1) is 11.6. The second-order valence-electron chi connectivity index (χ2n) is 3.08. The number of hydrogen-bond donors (Lipinski definition) is 1. The summed E-state index contributed by atoms with van der Waals surface area (Å²) in [6.45, 7) is 4.44. The van der Waals surface area contributed by atoms with Crippen LogP contribution in [0.25, 0.3) is 0 Å². The Morgan fingerprint density at radius 2 is 1.93 bits per heavy atom. The molecule has 0 fully saturated rings. The Hall–Kier alpha value is -1.52. The molecule has 0 atom stereocenters. The maximum atomic E-state index is 13.0. The van der Waals surface area contributed by atoms with Gasteiger partial charge in [0.2, 0.25) is 0 Å². The van der Waals surface area contributed by atoms with E-state index in [2.05, 4.69) is 6.58 Å². The normalized spacial score (nSPS) is 11.3. The van der Waals surface area contributed by atoms with E-state index >= 15 is 0 Å². The third-order valence-corrected chi connectivity index (χ3v) is 1.75. The molecule has 0 aliphatic carbocycles. The summed E-state index contributed by atoms with van der Waals surface area (Å²) in [7, 11) is 0. The van der Waals surface area contributed by atoms with E-state index in [0.717, 1.165) is 6.07 Å². The molecule has 0 spiro atoms. The lowest BCUT2D eigenvalue weighted by Gasteiger charge is -2.13. The topological polar surface area (TPSA) is 12.0 Å². The molecule has 1 aromatic rings. The van der Waals surface area contributed by atoms with Crippen molar-refractivity contribution in [3.05, 3.63) is 41.9 Å². The number of rotatable bonds is 2. The van der Waals surface area contributed by atoms with Crippen molar-refractivity contribution in [1.29, 1.82) is 0 Å². The van der Waals surface area contributed by atoms with Gasteiger partial charge in [0, 0.05) is 0 Å². The Kier molecular flexibility index (Phi) is 3.02. The summed E-state index contributed by atoms with van der Waals surface area (Å²) in [6, 6.07) is 3.85. The van der Waals surface area contributed by atoms with Crippen molar-refractivity contribution in [2.45, 2.75) is 13.1 Å². The highest BCUT2D eigenvalue weighted by molar-refractivity contribution is 5.51. The SMILES string of the molecule is C=C(Nc1cc(C)ccc1F)C(F)(F)F. The fourth-order valence-electron chi connectivity index (χ4n) is 0.968. The van der Waals surface area contributed by atoms with Crippen molar-refractivity contribution in [3.63, 3.8) is 0 Å². The van der Waals surface area contributed by atoms with Crippen molar-refractivity contribution < 1.29 is 17.6 Å². The minimum Gasteiger partial charge on any atom is -0.350 e. The van der Waals surface area contributed by atoms with Crippen molar-refractivity contribution in [2.24, 2.45) is 0 Å². The standard InChI is InChI=1S/C10H9F4N/c1-6-3-4-8(11)9(5-6)15-7(2)10(12,13)14/h3-5,15H,2H2,1H3. The summed E-state index contributed by atoms with van der Waals surface area (Å²) in [5, 5.41) is 1.90. The number of hydrogen-bond acceptors (Lipinski definition) is 1. The number of benzene rings is 1. The molecule has 0 heterocycles. The zero-order valence-electron chi connectivity index (χ0n) is 7.95. The molecule has 0 saturated carbocycles. The molecule has 82 valence electrons. The lowest BCUT2D eigenvalue weighted by Crippen LogP contribution is -2.18. The highest BCUT2D eigenvalue weighted by Crippen LogP contribution is 2.26. The number of nitrogens with one attached hydrogen (secondary N) is 1. The van der Waals surface area contributed by atoms with Gasteiger partial charge in [0.15, 0.2) is 0 Å². The lowest BCUT2D eigenvalue weighted by atomic mass is 10.2. The fraction of sp³-hybridized carbons (Fsp3) is 0.200. The third kappa shape index (κ3) is 2.97. The Bertz CT molecular complexity index is 381. The van der Waals surface area contributed by atoms with Crippen LogP contribution in [-0.4, -0.2) is 6.18 Å². The first-order chi connectivity index (χ1) is 6.80. The quantitative estimate of drug-likeness (QED) is 0.749. The molecule has 5 heteroatoms. The van der Waals surface area contributed by atoms with Crippen LogP contribution in [-0.2, 0) is 0 Å². The second kappa shape index (κ2) is 3.92. The van der Waals surface area contributed by atoms with Gasteiger partial charge in [-0.15, -0.1) is 0 Å². The van der Waals surface area contributed by atoms with Crippen LogP contribution in [0.3, 0.4) is 0 Å². The van der Waals surface area contributed by atoms with Gasteiger partial charge in [-0.2, -0.15) is 13.2 Å². The molecular formula is C10H9F4N. The van der Waals surface area contributed by atoms with Crippen LogP contribution in [0.4, 0.5) is 23.2 Å². The van der Waals surface area contributed by atoms with Gasteiger partial charge in [0.1, 0.15) is 11.5 Å². The van der Waals surface area contributed by atoms with E-state index in [1.54, 1.807) is 6.92 Å². The zero-order valence-corrected chi connectivity index (χ0v) is 7.95. The molecule has 0 radical (unpaired) electrons. The van der Waals surface area contributed by atoms with Crippen LogP contribution in [0.5, 0.6) is 0 Å². The number of allylic oxidation sites excluding steroid dienone is 1. The number of anilines is 1. The largest absolute Gasteiger partial charge is 0.430 e. The van der Waals surface area contributed by atoms with E-state index in [9.17, 15) is 17.6 Å². The van der Waals surface area contributed by atoms with Crippen LogP contribution in [0.1, 0.15) is 5.56 Å². The molecule has 0 amide bonds. The van der Waals surface area contributed by atoms with Crippen molar-refractivity contribution in [1.82, 2.24) is 0 Å². The van der Waals surface area contributed by atoms with Gasteiger partial charge in [0.25, 0.3) is 0 Å². The summed E-state index contributed by atoms with van der Waals surface area (Å²) in [5.41, 5.74) is -0.752. The van der Waals surface area contributed by atoms with Crippen LogP contribution in [0.15, 0.2) is 30.5 Å². The minimum absolute atomic E-state index is 0.225. The van der Waals surface area contributed by atoms with E-state index in [0.29, 0.717) is 5.56 Å². The molecule has 0 aliphatic heterocycles. The number of aryl methyl sites for hydroxylation is 1. The van der Waals surface area contributed by atoms with Crippen molar-refractivity contribution in [3.8, 4) is 0 Å². The van der Waals surface area contributed by atoms with Gasteiger partial charge in [-0.1, -0.05) is 12.6 Å². The molecule has 0 unspecified atom stereocenters. The molecule has 15 heavy (non-hydrogen) atoms. The number of alkyl halides is 3. The van der Waals surface area contributed by atoms with Gasteiger partial charge in [0.05, 0.1) is 5.69 Å². The Morgan fingerprint density at radius 1 is 1.33 bits per heavy atom. The van der Waals surface area contributed by atoms with Crippen molar-refractivity contribution in [2.75, 3.05) is 5.32 Å². The molecular weight excluding hydrogens is 210 g/mol. The lowest BCUT2D eigenvalue weighted by molar-refractivity contribution is -0.0898. The fourth-order valence-corrected chi connectivity index (χ4v) is 0.968. The van der Waals surface area contributed by atoms with Gasteiger partial charge < -0.3 is 5.32 Å². The highest BCUT2D eigenvalue weighted by Gasteiger charge is 2.32. The molecule has 1 aromatic carbocycles. The predicted octanol–water partition coefficient (Wildman–Crippen LogP) is 3.62. The highest BCUT2D eigenvalue weighted by atomic mass is 19.4. The van der Waals surface area contributed by atoms with Crippen LogP contribution in [0, 0.1) is 12.7 Å². The van der Waals surface area contributed by atoms with Crippen LogP contribution < -0.4 is 5.32 Å². The molecule has 0 aromatic heterocycles. The van der Waals surface area contributed by atoms with E-state index in [1.807, 2.05) is 5.32 Å². The third-order valence-electron chi connectivity index (χ3n) is 1.75. The maximum Gasteiger partial charge on any atom is 0.430 e. The minimum atomic E-state index is -4.57. The monoisotopic (exact) mass is 219 g/mol. The van der Waals surface area contributed by atoms with Gasteiger partial charge in [-0.05, 0) is 24.6 Å². The van der Waals surface area contributed by atoms with E-state index in [4.69, 9.17) is 0 Å². The summed E-state index contributed by atoms with van der Waals surface area (Å²) in [4.78, 5) is 0. The van der Waals surface area contributed by atoms with Gasteiger partial charge >= 0.3 is 6.18 Å². The van der Waals surface area contributed by atoms with E-state index < -0.39 is 17.7 Å². The summed E-state index contributed by atoms with van der Waals surface area (Å²) in [5.74, 6) is -0.744. The number of halogens is 4. The van der Waals surface area contributed by atoms with Crippen molar-refractivity contribution >= 4 is 5.69 Å².